The highest BCUT2D eigenvalue weighted by atomic mass is 15.0. The van der Waals surface area contributed by atoms with E-state index < -0.39 is 0 Å². The molecule has 1 N–H and O–H groups in total. The highest BCUT2D eigenvalue weighted by molar-refractivity contribution is 6.08. The number of anilines is 1. The van der Waals surface area contributed by atoms with Crippen molar-refractivity contribution in [1.29, 1.82) is 0 Å². The number of nitrogens with one attached hydrogen (secondary N) is 1. The number of para-hydroxylation sites is 1. The predicted molar refractivity (Wildman–Crippen MR) is 147 cm³/mol. The van der Waals surface area contributed by atoms with E-state index in [4.69, 9.17) is 9.98 Å². The lowest BCUT2D eigenvalue weighted by Gasteiger charge is -2.28. The van der Waals surface area contributed by atoms with Crippen molar-refractivity contribution in [3.8, 4) is 11.3 Å². The number of pyridine rings is 1. The smallest absolute Gasteiger partial charge is 0.0815 e. The topological polar surface area (TPSA) is 37.3 Å². The third kappa shape index (κ3) is 5.53. The largest absolute Gasteiger partial charge is 0.380 e. The van der Waals surface area contributed by atoms with E-state index in [1.807, 2.05) is 6.07 Å². The van der Waals surface area contributed by atoms with E-state index in [-0.39, 0.29) is 11.0 Å². The molecule has 0 unspecified atom stereocenters. The van der Waals surface area contributed by atoms with Crippen LogP contribution in [0.15, 0.2) is 89.9 Å². The van der Waals surface area contributed by atoms with Crippen LogP contribution in [0, 0.1) is 5.41 Å². The maximum absolute atomic E-state index is 5.18. The third-order valence-electron chi connectivity index (χ3n) is 5.64. The van der Waals surface area contributed by atoms with Crippen LogP contribution in [0.5, 0.6) is 0 Å². The van der Waals surface area contributed by atoms with Crippen LogP contribution in [-0.4, -0.2) is 16.2 Å². The van der Waals surface area contributed by atoms with Crippen molar-refractivity contribution in [3.05, 3.63) is 96.2 Å². The van der Waals surface area contributed by atoms with Gasteiger partial charge < -0.3 is 5.32 Å². The first kappa shape index (κ1) is 23.7. The molecule has 0 fully saturated rings. The summed E-state index contributed by atoms with van der Waals surface area (Å²) < 4.78 is 0. The van der Waals surface area contributed by atoms with E-state index in [9.17, 15) is 0 Å². The maximum Gasteiger partial charge on any atom is 0.0815 e. The molecule has 0 amide bonds. The van der Waals surface area contributed by atoms with Gasteiger partial charge in [-0.15, -0.1) is 0 Å². The summed E-state index contributed by atoms with van der Waals surface area (Å²) in [4.78, 5) is 10.3. The Hall–Kier alpha value is -3.46. The number of hydrogen-bond donors (Lipinski definition) is 1. The summed E-state index contributed by atoms with van der Waals surface area (Å²) >= 11 is 0. The van der Waals surface area contributed by atoms with Crippen molar-refractivity contribution in [2.24, 2.45) is 10.4 Å². The van der Waals surface area contributed by atoms with Crippen LogP contribution in [-0.2, 0) is 6.54 Å². The minimum Gasteiger partial charge on any atom is -0.380 e. The second-order valence-electron chi connectivity index (χ2n) is 10.9. The molecule has 3 aromatic carbocycles. The van der Waals surface area contributed by atoms with E-state index in [2.05, 4.69) is 126 Å². The molecule has 0 bridgehead atoms. The molecule has 0 aliphatic heterocycles. The molecule has 3 nitrogen and oxygen atoms in total. The molecule has 1 heterocycles. The van der Waals surface area contributed by atoms with E-state index in [0.717, 1.165) is 39.3 Å². The molecule has 1 aromatic heterocycles. The first-order valence-corrected chi connectivity index (χ1v) is 12.0. The fourth-order valence-electron chi connectivity index (χ4n) is 4.24. The Labute approximate surface area is 204 Å². The monoisotopic (exact) mass is 449 g/mol. The number of benzene rings is 3. The highest BCUT2D eigenvalue weighted by Crippen LogP contribution is 2.31. The average Bonchev–Trinajstić information content (AvgIpc) is 2.78. The van der Waals surface area contributed by atoms with E-state index in [0.29, 0.717) is 6.54 Å². The fourth-order valence-corrected chi connectivity index (χ4v) is 4.24. The molecular formula is C31H35N3. The summed E-state index contributed by atoms with van der Waals surface area (Å²) in [6, 6.07) is 29.5. The SMILES string of the molecule is CC(C)(C)Nc1ccccc1C(=NCc1cc2ccccc2c(-c2ccccc2)n1)C(C)(C)C. The average molecular weight is 450 g/mol. The van der Waals surface area contributed by atoms with Gasteiger partial charge in [-0.1, -0.05) is 93.6 Å². The minimum atomic E-state index is -0.116. The molecule has 0 aliphatic rings. The van der Waals surface area contributed by atoms with Gasteiger partial charge in [-0.05, 0) is 38.3 Å². The summed E-state index contributed by atoms with van der Waals surface area (Å²) in [7, 11) is 0. The standard InChI is InChI=1S/C31H35N3/c1-30(2,3)29(26-18-12-13-19-27(26)34-31(4,5)6)32-21-24-20-23-16-10-11-17-25(23)28(33-24)22-14-8-7-9-15-22/h7-20,34H,21H2,1-6H3. The second-order valence-corrected chi connectivity index (χ2v) is 10.9. The van der Waals surface area contributed by atoms with Gasteiger partial charge in [0.15, 0.2) is 0 Å². The van der Waals surface area contributed by atoms with Crippen LogP contribution >= 0.6 is 0 Å². The number of fused-ring (bicyclic) bond motifs is 1. The van der Waals surface area contributed by atoms with Crippen molar-refractivity contribution in [2.45, 2.75) is 53.6 Å². The molecule has 0 saturated heterocycles. The summed E-state index contributed by atoms with van der Waals surface area (Å²) in [5, 5.41) is 6.01. The van der Waals surface area contributed by atoms with Crippen LogP contribution in [0.4, 0.5) is 5.69 Å². The Morgan fingerprint density at radius 1 is 0.794 bits per heavy atom. The Bertz CT molecular complexity index is 1310. The predicted octanol–water partition coefficient (Wildman–Crippen LogP) is 8.15. The first-order valence-electron chi connectivity index (χ1n) is 12.0. The van der Waals surface area contributed by atoms with Gasteiger partial charge >= 0.3 is 0 Å². The minimum absolute atomic E-state index is 0.0381. The molecule has 0 aliphatic carbocycles. The van der Waals surface area contributed by atoms with Gasteiger partial charge in [-0.3, -0.25) is 9.98 Å². The third-order valence-corrected chi connectivity index (χ3v) is 5.64. The zero-order valence-corrected chi connectivity index (χ0v) is 21.2. The van der Waals surface area contributed by atoms with Crippen molar-refractivity contribution in [3.63, 3.8) is 0 Å². The summed E-state index contributed by atoms with van der Waals surface area (Å²) in [6.07, 6.45) is 0. The molecule has 174 valence electrons. The molecule has 0 radical (unpaired) electrons. The summed E-state index contributed by atoms with van der Waals surface area (Å²) in [5.41, 5.74) is 6.29. The molecule has 0 saturated carbocycles. The van der Waals surface area contributed by atoms with Crippen molar-refractivity contribution < 1.29 is 0 Å². The molecular weight excluding hydrogens is 414 g/mol. The zero-order valence-electron chi connectivity index (χ0n) is 21.2. The van der Waals surface area contributed by atoms with Gasteiger partial charge in [-0.2, -0.15) is 0 Å². The number of rotatable bonds is 5. The Morgan fingerprint density at radius 2 is 1.44 bits per heavy atom. The Kier molecular flexibility index (Phi) is 6.56. The summed E-state index contributed by atoms with van der Waals surface area (Å²) in [5.74, 6) is 0. The van der Waals surface area contributed by atoms with E-state index >= 15 is 0 Å². The van der Waals surface area contributed by atoms with Crippen LogP contribution < -0.4 is 5.32 Å². The van der Waals surface area contributed by atoms with Gasteiger partial charge in [0.25, 0.3) is 0 Å². The lowest BCUT2D eigenvalue weighted by Crippen LogP contribution is -2.29. The van der Waals surface area contributed by atoms with Gasteiger partial charge in [0.05, 0.1) is 17.9 Å². The number of aliphatic imine (C=N–C) groups is 1. The van der Waals surface area contributed by atoms with Crippen LogP contribution in [0.2, 0.25) is 0 Å². The lowest BCUT2D eigenvalue weighted by molar-refractivity contribution is 0.587. The quantitative estimate of drug-likeness (QED) is 0.312. The normalized spacial score (nSPS) is 12.7. The fraction of sp³-hybridized carbons (Fsp3) is 0.290. The van der Waals surface area contributed by atoms with E-state index in [1.165, 1.54) is 5.39 Å². The van der Waals surface area contributed by atoms with Crippen molar-refractivity contribution in [1.82, 2.24) is 4.98 Å². The van der Waals surface area contributed by atoms with Gasteiger partial charge in [0, 0.05) is 38.9 Å². The number of hydrogen-bond acceptors (Lipinski definition) is 3. The number of nitrogens with zero attached hydrogens (tertiary/aromatic N) is 2. The van der Waals surface area contributed by atoms with Crippen molar-refractivity contribution >= 4 is 22.2 Å². The zero-order chi connectivity index (χ0) is 24.3. The molecule has 3 heteroatoms. The Morgan fingerprint density at radius 3 is 2.15 bits per heavy atom. The number of aromatic nitrogens is 1. The first-order chi connectivity index (χ1) is 16.1. The van der Waals surface area contributed by atoms with Crippen LogP contribution in [0.25, 0.3) is 22.0 Å². The lowest BCUT2D eigenvalue weighted by atomic mass is 9.84. The van der Waals surface area contributed by atoms with Crippen LogP contribution in [0.3, 0.4) is 0 Å². The molecule has 34 heavy (non-hydrogen) atoms. The van der Waals surface area contributed by atoms with E-state index in [1.54, 1.807) is 0 Å². The second kappa shape index (κ2) is 9.42. The van der Waals surface area contributed by atoms with Crippen molar-refractivity contribution in [2.75, 3.05) is 5.32 Å². The molecule has 4 aromatic rings. The Balaban J connectivity index is 1.79. The summed E-state index contributed by atoms with van der Waals surface area (Å²) in [6.45, 7) is 13.8. The highest BCUT2D eigenvalue weighted by Gasteiger charge is 2.24. The molecule has 0 spiro atoms. The molecule has 4 rings (SSSR count). The van der Waals surface area contributed by atoms with Gasteiger partial charge in [0.2, 0.25) is 0 Å². The van der Waals surface area contributed by atoms with Crippen LogP contribution in [0.1, 0.15) is 52.8 Å². The molecule has 0 atom stereocenters. The van der Waals surface area contributed by atoms with Gasteiger partial charge in [0.1, 0.15) is 0 Å². The maximum atomic E-state index is 5.18. The van der Waals surface area contributed by atoms with Gasteiger partial charge in [-0.25, -0.2) is 0 Å².